The fraction of sp³-hybridized carbons (Fsp3) is 0.714. The first-order chi connectivity index (χ1) is 8.28. The van der Waals surface area contributed by atoms with E-state index in [1.807, 2.05) is 6.07 Å². The largest absolute Gasteiger partial charge is 0.312 e. The molecule has 4 atom stereocenters. The smallest absolute Gasteiger partial charge is 0.0561 e. The number of thiophene rings is 1. The van der Waals surface area contributed by atoms with Gasteiger partial charge in [-0.25, -0.2) is 0 Å². The summed E-state index contributed by atoms with van der Waals surface area (Å²) in [5, 5.41) is 6.50. The fourth-order valence-corrected chi connectivity index (χ4v) is 5.19. The zero-order valence-corrected chi connectivity index (χ0v) is 11.9. The first kappa shape index (κ1) is 12.0. The van der Waals surface area contributed by atoms with E-state index < -0.39 is 0 Å². The number of nitrogens with one attached hydrogen (secondary N) is 1. The third-order valence-electron chi connectivity index (χ3n) is 4.73. The quantitative estimate of drug-likeness (QED) is 0.849. The molecule has 0 aromatic carbocycles. The molecule has 1 heterocycles. The molecular formula is C14H20ClNS. The summed E-state index contributed by atoms with van der Waals surface area (Å²) in [5.74, 6) is 2.99. The van der Waals surface area contributed by atoms with Gasteiger partial charge < -0.3 is 5.32 Å². The molecule has 2 saturated carbocycles. The van der Waals surface area contributed by atoms with Gasteiger partial charge in [-0.15, -0.1) is 11.3 Å². The Morgan fingerprint density at radius 2 is 2.35 bits per heavy atom. The van der Waals surface area contributed by atoms with E-state index in [0.29, 0.717) is 6.04 Å². The van der Waals surface area contributed by atoms with Gasteiger partial charge in [0.1, 0.15) is 0 Å². The molecule has 4 unspecified atom stereocenters. The molecule has 0 saturated heterocycles. The second-order valence-electron chi connectivity index (χ2n) is 5.64. The lowest BCUT2D eigenvalue weighted by atomic mass is 9.84. The Morgan fingerprint density at radius 1 is 1.47 bits per heavy atom. The van der Waals surface area contributed by atoms with Crippen molar-refractivity contribution in [2.45, 2.75) is 38.1 Å². The topological polar surface area (TPSA) is 12.0 Å². The molecule has 0 radical (unpaired) electrons. The summed E-state index contributed by atoms with van der Waals surface area (Å²) in [6.07, 6.45) is 7.21. The summed E-state index contributed by atoms with van der Waals surface area (Å²) in [6.45, 7) is 0. The van der Waals surface area contributed by atoms with E-state index in [2.05, 4.69) is 17.7 Å². The lowest BCUT2D eigenvalue weighted by Gasteiger charge is -2.26. The summed E-state index contributed by atoms with van der Waals surface area (Å²) in [4.78, 5) is 1.33. The van der Waals surface area contributed by atoms with Gasteiger partial charge >= 0.3 is 0 Å². The Morgan fingerprint density at radius 3 is 2.88 bits per heavy atom. The van der Waals surface area contributed by atoms with Crippen molar-refractivity contribution in [3.63, 3.8) is 0 Å². The van der Waals surface area contributed by atoms with Crippen LogP contribution >= 0.6 is 22.9 Å². The normalized spacial score (nSPS) is 33.2. The molecule has 0 spiro atoms. The van der Waals surface area contributed by atoms with Crippen LogP contribution in [0.25, 0.3) is 0 Å². The third kappa shape index (κ3) is 2.27. The Labute approximate surface area is 113 Å². The highest BCUT2D eigenvalue weighted by atomic mass is 35.5. The van der Waals surface area contributed by atoms with Gasteiger partial charge in [-0.05, 0) is 61.9 Å². The zero-order chi connectivity index (χ0) is 11.8. The number of fused-ring (bicyclic) bond motifs is 2. The van der Waals surface area contributed by atoms with Crippen molar-refractivity contribution < 1.29 is 0 Å². The number of hydrogen-bond donors (Lipinski definition) is 1. The van der Waals surface area contributed by atoms with E-state index in [0.717, 1.165) is 22.8 Å². The van der Waals surface area contributed by atoms with Crippen molar-refractivity contribution in [3.05, 3.63) is 21.3 Å². The minimum atomic E-state index is 0.465. The summed E-state index contributed by atoms with van der Waals surface area (Å²) in [6, 6.07) is 2.49. The van der Waals surface area contributed by atoms with Gasteiger partial charge in [-0.3, -0.25) is 0 Å². The van der Waals surface area contributed by atoms with Gasteiger partial charge in [0.05, 0.1) is 5.02 Å². The summed E-state index contributed by atoms with van der Waals surface area (Å²) >= 11 is 8.04. The molecule has 1 aromatic rings. The molecule has 17 heavy (non-hydrogen) atoms. The van der Waals surface area contributed by atoms with Crippen molar-refractivity contribution in [1.82, 2.24) is 5.32 Å². The Kier molecular flexibility index (Phi) is 3.47. The van der Waals surface area contributed by atoms with Crippen LogP contribution in [0.4, 0.5) is 0 Å². The van der Waals surface area contributed by atoms with Crippen LogP contribution in [-0.2, 0) is 0 Å². The second-order valence-corrected chi connectivity index (χ2v) is 7.00. The molecule has 1 aromatic heterocycles. The maximum absolute atomic E-state index is 6.25. The predicted octanol–water partition coefficient (Wildman–Crippen LogP) is 4.49. The lowest BCUT2D eigenvalue weighted by Crippen LogP contribution is -2.22. The van der Waals surface area contributed by atoms with Crippen molar-refractivity contribution in [3.8, 4) is 0 Å². The van der Waals surface area contributed by atoms with Gasteiger partial charge in [-0.1, -0.05) is 18.0 Å². The molecule has 2 fully saturated rings. The van der Waals surface area contributed by atoms with Crippen LogP contribution < -0.4 is 5.32 Å². The van der Waals surface area contributed by atoms with Gasteiger partial charge in [-0.2, -0.15) is 0 Å². The first-order valence-corrected chi connectivity index (χ1v) is 7.94. The molecule has 3 heteroatoms. The average molecular weight is 270 g/mol. The highest BCUT2D eigenvalue weighted by Crippen LogP contribution is 2.51. The molecule has 94 valence electrons. The first-order valence-electron chi connectivity index (χ1n) is 6.68. The number of halogens is 1. The van der Waals surface area contributed by atoms with E-state index in [9.17, 15) is 0 Å². The van der Waals surface area contributed by atoms with E-state index in [4.69, 9.17) is 11.6 Å². The molecule has 2 aliphatic carbocycles. The van der Waals surface area contributed by atoms with Crippen LogP contribution in [0.5, 0.6) is 0 Å². The van der Waals surface area contributed by atoms with Gasteiger partial charge in [0.15, 0.2) is 0 Å². The molecule has 1 N–H and O–H groups in total. The fourth-order valence-electron chi connectivity index (χ4n) is 3.88. The van der Waals surface area contributed by atoms with Crippen LogP contribution in [-0.4, -0.2) is 7.05 Å². The zero-order valence-electron chi connectivity index (χ0n) is 10.3. The predicted molar refractivity (Wildman–Crippen MR) is 74.7 cm³/mol. The highest BCUT2D eigenvalue weighted by molar-refractivity contribution is 7.10. The SMILES string of the molecule is CNC(CC1CC2CCC1C2)c1sccc1Cl. The minimum absolute atomic E-state index is 0.465. The molecule has 1 nitrogen and oxygen atoms in total. The monoisotopic (exact) mass is 269 g/mol. The van der Waals surface area contributed by atoms with Gasteiger partial charge in [0, 0.05) is 10.9 Å². The number of rotatable bonds is 4. The highest BCUT2D eigenvalue weighted by Gasteiger charge is 2.40. The van der Waals surface area contributed by atoms with Crippen molar-refractivity contribution in [2.24, 2.45) is 17.8 Å². The lowest BCUT2D eigenvalue weighted by molar-refractivity contribution is 0.285. The van der Waals surface area contributed by atoms with Crippen molar-refractivity contribution in [1.29, 1.82) is 0 Å². The molecular weight excluding hydrogens is 250 g/mol. The van der Waals surface area contributed by atoms with Crippen LogP contribution in [0, 0.1) is 17.8 Å². The van der Waals surface area contributed by atoms with Crippen LogP contribution in [0.15, 0.2) is 11.4 Å². The van der Waals surface area contributed by atoms with Gasteiger partial charge in [0.2, 0.25) is 0 Å². The summed E-state index contributed by atoms with van der Waals surface area (Å²) in [5.41, 5.74) is 0. The molecule has 3 rings (SSSR count). The van der Waals surface area contributed by atoms with Crippen LogP contribution in [0.3, 0.4) is 0 Å². The van der Waals surface area contributed by atoms with E-state index in [1.54, 1.807) is 11.3 Å². The van der Waals surface area contributed by atoms with Gasteiger partial charge in [0.25, 0.3) is 0 Å². The van der Waals surface area contributed by atoms with E-state index >= 15 is 0 Å². The van der Waals surface area contributed by atoms with Crippen LogP contribution in [0.2, 0.25) is 5.02 Å². The molecule has 0 amide bonds. The van der Waals surface area contributed by atoms with Crippen molar-refractivity contribution >= 4 is 22.9 Å². The summed E-state index contributed by atoms with van der Waals surface area (Å²) in [7, 11) is 2.06. The summed E-state index contributed by atoms with van der Waals surface area (Å²) < 4.78 is 0. The number of hydrogen-bond acceptors (Lipinski definition) is 2. The Bertz CT molecular complexity index is 389. The van der Waals surface area contributed by atoms with Crippen molar-refractivity contribution in [2.75, 3.05) is 7.05 Å². The standard InChI is InChI=1S/C14H20ClNS/c1-16-13(14-12(15)4-5-17-14)8-11-7-9-2-3-10(11)6-9/h4-5,9-11,13,16H,2-3,6-8H2,1H3. The van der Waals surface area contributed by atoms with Crippen LogP contribution in [0.1, 0.15) is 43.0 Å². The minimum Gasteiger partial charge on any atom is -0.312 e. The van der Waals surface area contributed by atoms with E-state index in [-0.39, 0.29) is 0 Å². The Hall–Kier alpha value is -0.0500. The maximum atomic E-state index is 6.25. The molecule has 2 bridgehead atoms. The second kappa shape index (κ2) is 4.91. The van der Waals surface area contributed by atoms with E-state index in [1.165, 1.54) is 37.0 Å². The molecule has 2 aliphatic rings. The maximum Gasteiger partial charge on any atom is 0.0561 e. The Balaban J connectivity index is 1.69. The third-order valence-corrected chi connectivity index (χ3v) is 6.20. The average Bonchev–Trinajstić information content (AvgIpc) is 3.02. The molecule has 0 aliphatic heterocycles.